The molecule has 0 radical (unpaired) electrons. The van der Waals surface area contributed by atoms with Gasteiger partial charge in [-0.15, -0.1) is 0 Å². The average Bonchev–Trinajstić information content (AvgIpc) is 2.98. The van der Waals surface area contributed by atoms with Crippen molar-refractivity contribution in [1.29, 1.82) is 0 Å². The molecule has 2 heterocycles. The fraction of sp³-hybridized carbons (Fsp3) is 0.812. The van der Waals surface area contributed by atoms with E-state index < -0.39 is 0 Å². The van der Waals surface area contributed by atoms with Crippen molar-refractivity contribution in [2.75, 3.05) is 31.7 Å². The standard InChI is InChI=1S/C16H26N4O2S/c1-3-6-16(7-8-16)14(21)17-12-4-9-20(11-12)15-18-13(19-23-15)5-10-22-2/h12H,3-11H2,1-2H3,(H,17,21)/t12-/m1/s1. The van der Waals surface area contributed by atoms with Crippen molar-refractivity contribution >= 4 is 22.6 Å². The molecule has 7 heteroatoms. The number of methoxy groups -OCH3 is 1. The maximum absolute atomic E-state index is 12.5. The van der Waals surface area contributed by atoms with Crippen LogP contribution in [0.15, 0.2) is 0 Å². The van der Waals surface area contributed by atoms with Gasteiger partial charge in [0.25, 0.3) is 0 Å². The third kappa shape index (κ3) is 3.83. The molecule has 1 aromatic rings. The minimum atomic E-state index is -0.0434. The lowest BCUT2D eigenvalue weighted by molar-refractivity contribution is -0.127. The van der Waals surface area contributed by atoms with Crippen LogP contribution in [0.1, 0.15) is 44.9 Å². The zero-order valence-electron chi connectivity index (χ0n) is 14.0. The second-order valence-corrected chi connectivity index (χ2v) is 7.40. The molecular formula is C16H26N4O2S. The van der Waals surface area contributed by atoms with Crippen LogP contribution in [0.3, 0.4) is 0 Å². The van der Waals surface area contributed by atoms with Gasteiger partial charge in [-0.3, -0.25) is 4.79 Å². The molecule has 23 heavy (non-hydrogen) atoms. The van der Waals surface area contributed by atoms with Crippen LogP contribution in [0.25, 0.3) is 0 Å². The average molecular weight is 338 g/mol. The molecule has 128 valence electrons. The van der Waals surface area contributed by atoms with Gasteiger partial charge in [-0.05, 0) is 25.7 Å². The first-order chi connectivity index (χ1) is 11.2. The van der Waals surface area contributed by atoms with E-state index >= 15 is 0 Å². The predicted octanol–water partition coefficient (Wildman–Crippen LogP) is 2.00. The summed E-state index contributed by atoms with van der Waals surface area (Å²) >= 11 is 1.44. The van der Waals surface area contributed by atoms with Gasteiger partial charge >= 0.3 is 0 Å². The van der Waals surface area contributed by atoms with Crippen LogP contribution >= 0.6 is 11.5 Å². The Morgan fingerprint density at radius 1 is 1.52 bits per heavy atom. The van der Waals surface area contributed by atoms with E-state index in [2.05, 4.69) is 26.5 Å². The van der Waals surface area contributed by atoms with Crippen molar-refractivity contribution < 1.29 is 9.53 Å². The second kappa shape index (κ2) is 7.13. The molecule has 1 amide bonds. The molecule has 0 spiro atoms. The number of hydrogen-bond acceptors (Lipinski definition) is 6. The normalized spacial score (nSPS) is 22.3. The molecule has 2 fully saturated rings. The van der Waals surface area contributed by atoms with E-state index in [0.29, 0.717) is 6.61 Å². The molecular weight excluding hydrogens is 312 g/mol. The molecule has 0 aromatic carbocycles. The highest BCUT2D eigenvalue weighted by molar-refractivity contribution is 7.09. The first kappa shape index (κ1) is 16.6. The summed E-state index contributed by atoms with van der Waals surface area (Å²) in [7, 11) is 1.69. The number of nitrogens with zero attached hydrogens (tertiary/aromatic N) is 3. The highest BCUT2D eigenvalue weighted by Gasteiger charge is 2.49. The number of rotatable bonds is 8. The number of nitrogens with one attached hydrogen (secondary N) is 1. The fourth-order valence-electron chi connectivity index (χ4n) is 3.28. The van der Waals surface area contributed by atoms with Gasteiger partial charge in [0, 0.05) is 49.6 Å². The number of anilines is 1. The molecule has 0 bridgehead atoms. The minimum Gasteiger partial charge on any atom is -0.384 e. The van der Waals surface area contributed by atoms with Crippen LogP contribution in [-0.4, -0.2) is 48.1 Å². The summed E-state index contributed by atoms with van der Waals surface area (Å²) in [6, 6.07) is 0.239. The molecule has 1 aliphatic carbocycles. The van der Waals surface area contributed by atoms with Crippen molar-refractivity contribution in [3.8, 4) is 0 Å². The molecule has 1 aromatic heterocycles. The van der Waals surface area contributed by atoms with Gasteiger partial charge < -0.3 is 15.0 Å². The van der Waals surface area contributed by atoms with Gasteiger partial charge in [-0.25, -0.2) is 4.98 Å². The van der Waals surface area contributed by atoms with Crippen LogP contribution in [0.5, 0.6) is 0 Å². The molecule has 1 N–H and O–H groups in total. The number of carbonyl (C=O) groups is 1. The lowest BCUT2D eigenvalue weighted by Gasteiger charge is -2.19. The molecule has 0 unspecified atom stereocenters. The van der Waals surface area contributed by atoms with Crippen LogP contribution in [0.4, 0.5) is 5.13 Å². The summed E-state index contributed by atoms with van der Waals surface area (Å²) < 4.78 is 9.44. The molecule has 1 saturated heterocycles. The third-order valence-electron chi connectivity index (χ3n) is 4.84. The number of hydrogen-bond donors (Lipinski definition) is 1. The van der Waals surface area contributed by atoms with Crippen molar-refractivity contribution in [3.05, 3.63) is 5.82 Å². The predicted molar refractivity (Wildman–Crippen MR) is 90.8 cm³/mol. The molecule has 1 atom stereocenters. The quantitative estimate of drug-likeness (QED) is 0.785. The molecule has 2 aliphatic rings. The summed E-state index contributed by atoms with van der Waals surface area (Å²) in [6.45, 7) is 4.58. The van der Waals surface area contributed by atoms with Gasteiger partial charge in [0.15, 0.2) is 0 Å². The maximum Gasteiger partial charge on any atom is 0.226 e. The lowest BCUT2D eigenvalue weighted by atomic mass is 9.99. The third-order valence-corrected chi connectivity index (χ3v) is 5.66. The van der Waals surface area contributed by atoms with E-state index in [-0.39, 0.29) is 17.4 Å². The van der Waals surface area contributed by atoms with E-state index in [4.69, 9.17) is 4.74 Å². The highest BCUT2D eigenvalue weighted by Crippen LogP contribution is 2.49. The fourth-order valence-corrected chi connectivity index (χ4v) is 4.03. The van der Waals surface area contributed by atoms with Crippen LogP contribution in [0.2, 0.25) is 0 Å². The Labute approximate surface area is 141 Å². The zero-order chi connectivity index (χ0) is 16.3. The molecule has 1 saturated carbocycles. The van der Waals surface area contributed by atoms with E-state index in [0.717, 1.165) is 62.6 Å². The highest BCUT2D eigenvalue weighted by atomic mass is 32.1. The summed E-state index contributed by atoms with van der Waals surface area (Å²) in [5, 5.41) is 4.22. The van der Waals surface area contributed by atoms with Crippen molar-refractivity contribution in [3.63, 3.8) is 0 Å². The Kier molecular flexibility index (Phi) is 5.16. The smallest absolute Gasteiger partial charge is 0.226 e. The summed E-state index contributed by atoms with van der Waals surface area (Å²) in [5.74, 6) is 1.11. The Bertz CT molecular complexity index is 544. The van der Waals surface area contributed by atoms with Gasteiger partial charge in [0.1, 0.15) is 5.82 Å². The number of aromatic nitrogens is 2. The largest absolute Gasteiger partial charge is 0.384 e. The topological polar surface area (TPSA) is 67.4 Å². The minimum absolute atomic E-state index is 0.0434. The number of ether oxygens (including phenoxy) is 1. The van der Waals surface area contributed by atoms with Crippen LogP contribution < -0.4 is 10.2 Å². The van der Waals surface area contributed by atoms with Crippen LogP contribution in [-0.2, 0) is 16.0 Å². The SMILES string of the molecule is CCCC1(C(=O)N[C@@H]2CCN(c3nc(CCOC)ns3)C2)CC1. The Morgan fingerprint density at radius 2 is 2.35 bits per heavy atom. The van der Waals surface area contributed by atoms with E-state index in [1.807, 2.05) is 0 Å². The number of amides is 1. The Balaban J connectivity index is 1.50. The van der Waals surface area contributed by atoms with Gasteiger partial charge in [0.2, 0.25) is 11.0 Å². The molecule has 3 rings (SSSR count). The summed E-state index contributed by atoms with van der Waals surface area (Å²) in [4.78, 5) is 19.3. The molecule has 1 aliphatic heterocycles. The Morgan fingerprint density at radius 3 is 3.04 bits per heavy atom. The second-order valence-electron chi connectivity index (χ2n) is 6.67. The number of carbonyl (C=O) groups excluding carboxylic acids is 1. The van der Waals surface area contributed by atoms with Gasteiger partial charge in [-0.2, -0.15) is 4.37 Å². The molecule has 6 nitrogen and oxygen atoms in total. The van der Waals surface area contributed by atoms with Crippen molar-refractivity contribution in [2.45, 2.75) is 51.5 Å². The van der Waals surface area contributed by atoms with Crippen molar-refractivity contribution in [1.82, 2.24) is 14.7 Å². The summed E-state index contributed by atoms with van der Waals surface area (Å²) in [6.07, 6.45) is 5.96. The first-order valence-corrected chi connectivity index (χ1v) is 9.31. The first-order valence-electron chi connectivity index (χ1n) is 8.54. The van der Waals surface area contributed by atoms with Gasteiger partial charge in [0.05, 0.1) is 6.61 Å². The van der Waals surface area contributed by atoms with E-state index in [9.17, 15) is 4.79 Å². The van der Waals surface area contributed by atoms with Crippen LogP contribution in [0, 0.1) is 5.41 Å². The maximum atomic E-state index is 12.5. The van der Waals surface area contributed by atoms with Crippen molar-refractivity contribution in [2.24, 2.45) is 5.41 Å². The van der Waals surface area contributed by atoms with E-state index in [1.54, 1.807) is 7.11 Å². The Hall–Kier alpha value is -1.21. The monoisotopic (exact) mass is 338 g/mol. The summed E-state index contributed by atoms with van der Waals surface area (Å²) in [5.41, 5.74) is -0.0434. The van der Waals surface area contributed by atoms with Gasteiger partial charge in [-0.1, -0.05) is 13.3 Å². The zero-order valence-corrected chi connectivity index (χ0v) is 14.8. The lowest BCUT2D eigenvalue weighted by Crippen LogP contribution is -2.41. The van der Waals surface area contributed by atoms with E-state index in [1.165, 1.54) is 11.5 Å².